The molecular weight excluding hydrogens is 228 g/mol. The topological polar surface area (TPSA) is 63.2 Å². The average molecular weight is 228 g/mol. The standard InChI is InChI=1S/CH2O3.Cl.Cs/c2-1(3)4;;/h(H2,2,3,4);;/q;2*+1/p-2. The molecule has 0 amide bonds. The molecule has 0 aromatic rings. The Bertz CT molecular complexity index is 33.8. The van der Waals surface area contributed by atoms with Crippen LogP contribution >= 0.6 is 0 Å². The second-order valence-electron chi connectivity index (χ2n) is 0.250. The summed E-state index contributed by atoms with van der Waals surface area (Å²) in [6.07, 6.45) is -2.33. The molecule has 0 bridgehead atoms. The summed E-state index contributed by atoms with van der Waals surface area (Å²) in [5, 5.41) is 16.7. The molecule has 30 valence electrons. The van der Waals surface area contributed by atoms with Gasteiger partial charge < -0.3 is 15.0 Å². The Morgan fingerprint density at radius 1 is 1.33 bits per heavy atom. The predicted octanol–water partition coefficient (Wildman–Crippen LogP) is -5.44. The van der Waals surface area contributed by atoms with Crippen LogP contribution < -0.4 is 79.1 Å². The molecule has 5 heteroatoms. The third-order valence-corrected chi connectivity index (χ3v) is 0. The maximum atomic E-state index is 8.33. The van der Waals surface area contributed by atoms with E-state index in [1.54, 1.807) is 0 Å². The number of hydrogen-bond acceptors (Lipinski definition) is 3. The van der Waals surface area contributed by atoms with Gasteiger partial charge in [0.15, 0.2) is 0 Å². The summed E-state index contributed by atoms with van der Waals surface area (Å²) in [4.78, 5) is 8.33. The van der Waals surface area contributed by atoms with E-state index in [2.05, 4.69) is 0 Å². The van der Waals surface area contributed by atoms with Gasteiger partial charge in [0.05, 0.1) is 0 Å². The van der Waals surface area contributed by atoms with E-state index in [9.17, 15) is 0 Å². The number of hydrogen-bond donors (Lipinski definition) is 0. The van der Waals surface area contributed by atoms with Gasteiger partial charge in [-0.15, -0.1) is 0 Å². The van der Waals surface area contributed by atoms with Gasteiger partial charge in [-0.3, -0.25) is 0 Å². The fraction of sp³-hybridized carbons (Fsp3) is 0. The number of carbonyl (C=O) groups excluding carboxylic acids is 1. The van der Waals surface area contributed by atoms with Crippen molar-refractivity contribution in [2.24, 2.45) is 0 Å². The molecule has 0 unspecified atom stereocenters. The van der Waals surface area contributed by atoms with E-state index < -0.39 is 6.16 Å². The second-order valence-corrected chi connectivity index (χ2v) is 0.250. The summed E-state index contributed by atoms with van der Waals surface area (Å²) < 4.78 is 0. The van der Waals surface area contributed by atoms with Gasteiger partial charge in [-0.2, -0.15) is 0 Å². The molecule has 0 aliphatic rings. The maximum absolute atomic E-state index is 8.33. The van der Waals surface area contributed by atoms with Gasteiger partial charge in [0.25, 0.3) is 0 Å². The fourth-order valence-corrected chi connectivity index (χ4v) is 0. The zero-order valence-corrected chi connectivity index (χ0v) is 10.1. The van der Waals surface area contributed by atoms with Crippen molar-refractivity contribution in [1.82, 2.24) is 0 Å². The first-order valence-corrected chi connectivity index (χ1v) is 0.612. The van der Waals surface area contributed by atoms with Gasteiger partial charge in [0.1, 0.15) is 0 Å². The molecule has 0 saturated carbocycles. The summed E-state index contributed by atoms with van der Waals surface area (Å²) in [6.45, 7) is 0. The SMILES string of the molecule is O=C([O-])[O-].[Cl+].[Cs+]. The summed E-state index contributed by atoms with van der Waals surface area (Å²) in [5.74, 6) is 0. The molecule has 2 radical (unpaired) electrons. The Morgan fingerprint density at radius 2 is 1.33 bits per heavy atom. The normalized spacial score (nSPS) is 4.00. The fourth-order valence-electron chi connectivity index (χ4n) is 0. The first-order chi connectivity index (χ1) is 1.73. The minimum absolute atomic E-state index is 0. The first kappa shape index (κ1) is 15.6. The first-order valence-electron chi connectivity index (χ1n) is 0.612. The second kappa shape index (κ2) is 9.79. The van der Waals surface area contributed by atoms with Gasteiger partial charge in [-0.1, -0.05) is 0 Å². The Labute approximate surface area is 99.9 Å². The van der Waals surface area contributed by atoms with Crippen LogP contribution in [-0.4, -0.2) is 6.16 Å². The van der Waals surface area contributed by atoms with Gasteiger partial charge in [0.2, 0.25) is 0 Å². The van der Waals surface area contributed by atoms with E-state index in [0.29, 0.717) is 0 Å². The van der Waals surface area contributed by atoms with Crippen LogP contribution in [0.15, 0.2) is 0 Å². The number of rotatable bonds is 0. The molecule has 0 N–H and O–H groups in total. The molecule has 0 atom stereocenters. The Balaban J connectivity index is -0.0000000450. The van der Waals surface area contributed by atoms with Crippen molar-refractivity contribution in [3.05, 3.63) is 0 Å². The average Bonchev–Trinajstić information content (AvgIpc) is 0.811. The zero-order valence-electron chi connectivity index (χ0n) is 3.10. The minimum Gasteiger partial charge on any atom is -0.652 e. The Morgan fingerprint density at radius 3 is 1.33 bits per heavy atom. The van der Waals surface area contributed by atoms with Crippen LogP contribution in [-0.2, 0) is 0 Å². The van der Waals surface area contributed by atoms with Crippen molar-refractivity contribution in [1.29, 1.82) is 0 Å². The molecule has 0 aromatic heterocycles. The van der Waals surface area contributed by atoms with Crippen molar-refractivity contribution < 1.29 is 96.3 Å². The van der Waals surface area contributed by atoms with Gasteiger partial charge in [-0.25, -0.2) is 0 Å². The molecule has 0 saturated heterocycles. The van der Waals surface area contributed by atoms with Crippen molar-refractivity contribution in [3.63, 3.8) is 0 Å². The molecule has 0 aliphatic carbocycles. The Hall–Kier alpha value is 1.61. The number of carbonyl (C=O) groups is 1. The van der Waals surface area contributed by atoms with Crippen LogP contribution in [0.2, 0.25) is 0 Å². The van der Waals surface area contributed by atoms with Crippen LogP contribution in [0.25, 0.3) is 0 Å². The van der Waals surface area contributed by atoms with Crippen LogP contribution in [0.3, 0.4) is 0 Å². The molecule has 0 aliphatic heterocycles. The zero-order chi connectivity index (χ0) is 3.58. The minimum atomic E-state index is -2.33. The van der Waals surface area contributed by atoms with Crippen LogP contribution in [0.4, 0.5) is 4.79 Å². The molecular formula is CClCsO3. The third kappa shape index (κ3) is 45.9. The molecule has 0 heterocycles. The van der Waals surface area contributed by atoms with E-state index in [1.807, 2.05) is 0 Å². The monoisotopic (exact) mass is 228 g/mol. The molecule has 3 nitrogen and oxygen atoms in total. The van der Waals surface area contributed by atoms with Crippen molar-refractivity contribution >= 4 is 6.16 Å². The molecule has 0 aromatic carbocycles. The van der Waals surface area contributed by atoms with Crippen LogP contribution in [0.5, 0.6) is 0 Å². The summed E-state index contributed by atoms with van der Waals surface area (Å²) in [5.41, 5.74) is 0. The van der Waals surface area contributed by atoms with Crippen LogP contribution in [0.1, 0.15) is 0 Å². The smallest absolute Gasteiger partial charge is 0.652 e. The largest absolute Gasteiger partial charge is 1.00 e. The number of carboxylic acid groups (broad SMARTS) is 2. The molecule has 0 fully saturated rings. The quantitative estimate of drug-likeness (QED) is 0.416. The summed E-state index contributed by atoms with van der Waals surface area (Å²) >= 11 is 0. The van der Waals surface area contributed by atoms with E-state index in [-0.39, 0.29) is 81.3 Å². The van der Waals surface area contributed by atoms with Crippen molar-refractivity contribution in [2.45, 2.75) is 0 Å². The van der Waals surface area contributed by atoms with Crippen molar-refractivity contribution in [2.75, 3.05) is 0 Å². The predicted molar refractivity (Wildman–Crippen MR) is 5.40 cm³/mol. The third-order valence-electron chi connectivity index (χ3n) is 0. The summed E-state index contributed by atoms with van der Waals surface area (Å²) in [6, 6.07) is 0. The van der Waals surface area contributed by atoms with E-state index >= 15 is 0 Å². The van der Waals surface area contributed by atoms with E-state index in [1.165, 1.54) is 0 Å². The maximum Gasteiger partial charge on any atom is 1.00 e. The van der Waals surface area contributed by atoms with E-state index in [4.69, 9.17) is 15.0 Å². The van der Waals surface area contributed by atoms with Gasteiger partial charge in [0, 0.05) is 0 Å². The van der Waals surface area contributed by atoms with E-state index in [0.717, 1.165) is 0 Å². The molecule has 0 rings (SSSR count). The number of halogens is 1. The van der Waals surface area contributed by atoms with Crippen molar-refractivity contribution in [3.8, 4) is 0 Å². The Kier molecular flexibility index (Phi) is 25.5. The molecule has 6 heavy (non-hydrogen) atoms. The summed E-state index contributed by atoms with van der Waals surface area (Å²) in [7, 11) is 0. The molecule has 0 spiro atoms. The van der Waals surface area contributed by atoms with Gasteiger partial charge in [-0.05, 0) is 6.16 Å². The van der Waals surface area contributed by atoms with Crippen LogP contribution in [0, 0.1) is 12.4 Å². The van der Waals surface area contributed by atoms with Gasteiger partial charge >= 0.3 is 81.3 Å².